The van der Waals surface area contributed by atoms with Gasteiger partial charge >= 0.3 is 0 Å². The smallest absolute Gasteiger partial charge is 0.245 e. The number of rotatable bonds is 1. The predicted molar refractivity (Wildman–Crippen MR) is 62.3 cm³/mol. The first-order valence-electron chi connectivity index (χ1n) is 6.55. The second-order valence-electron chi connectivity index (χ2n) is 5.36. The second kappa shape index (κ2) is 4.29. The van der Waals surface area contributed by atoms with E-state index in [1.807, 2.05) is 4.90 Å². The highest BCUT2D eigenvalue weighted by molar-refractivity contribution is 5.91. The number of carbonyl (C=O) groups excluding carboxylic acids is 2. The molecule has 0 aromatic carbocycles. The zero-order chi connectivity index (χ0) is 11.8. The zero-order valence-electron chi connectivity index (χ0n) is 9.95. The molecular weight excluding hydrogens is 218 g/mol. The molecule has 0 spiro atoms. The van der Waals surface area contributed by atoms with Crippen LogP contribution >= 0.6 is 0 Å². The molecule has 17 heavy (non-hydrogen) atoms. The number of amides is 2. The first-order chi connectivity index (χ1) is 8.24. The fraction of sp³-hybridized carbons (Fsp3) is 0.833. The van der Waals surface area contributed by atoms with Gasteiger partial charge in [0.1, 0.15) is 6.04 Å². The largest absolute Gasteiger partial charge is 0.344 e. The van der Waals surface area contributed by atoms with Crippen molar-refractivity contribution in [2.75, 3.05) is 19.6 Å². The molecule has 3 atom stereocenters. The highest BCUT2D eigenvalue weighted by atomic mass is 16.2. The molecule has 2 amide bonds. The van der Waals surface area contributed by atoms with Crippen molar-refractivity contribution in [1.82, 2.24) is 15.5 Å². The molecule has 94 valence electrons. The van der Waals surface area contributed by atoms with E-state index in [2.05, 4.69) is 10.6 Å². The van der Waals surface area contributed by atoms with Crippen LogP contribution in [0.5, 0.6) is 0 Å². The van der Waals surface area contributed by atoms with E-state index in [-0.39, 0.29) is 17.9 Å². The van der Waals surface area contributed by atoms with Crippen molar-refractivity contribution in [3.05, 3.63) is 0 Å². The van der Waals surface area contributed by atoms with Crippen LogP contribution in [0.25, 0.3) is 0 Å². The fourth-order valence-electron chi connectivity index (χ4n) is 3.25. The Morgan fingerprint density at radius 1 is 1.29 bits per heavy atom. The van der Waals surface area contributed by atoms with E-state index in [1.54, 1.807) is 0 Å². The van der Waals surface area contributed by atoms with Crippen molar-refractivity contribution in [3.63, 3.8) is 0 Å². The van der Waals surface area contributed by atoms with Gasteiger partial charge in [-0.05, 0) is 31.7 Å². The first kappa shape index (κ1) is 11.0. The number of nitrogens with one attached hydrogen (secondary N) is 2. The molecular formula is C12H19N3O2. The van der Waals surface area contributed by atoms with Crippen molar-refractivity contribution in [3.8, 4) is 0 Å². The molecule has 3 aliphatic rings. The van der Waals surface area contributed by atoms with E-state index < -0.39 is 0 Å². The summed E-state index contributed by atoms with van der Waals surface area (Å²) in [7, 11) is 0. The van der Waals surface area contributed by atoms with Crippen LogP contribution in [0.1, 0.15) is 25.7 Å². The monoisotopic (exact) mass is 237 g/mol. The molecule has 3 fully saturated rings. The van der Waals surface area contributed by atoms with Crippen LogP contribution in [-0.2, 0) is 9.59 Å². The minimum atomic E-state index is -0.261. The number of piperidine rings is 1. The Hall–Kier alpha value is -1.10. The van der Waals surface area contributed by atoms with Gasteiger partial charge in [-0.2, -0.15) is 0 Å². The SMILES string of the molecule is O=C1CC[C@@H](C(=O)N2CC3CCCNC3C2)N1. The normalized spacial score (nSPS) is 36.8. The number of nitrogens with zero attached hydrogens (tertiary/aromatic N) is 1. The minimum Gasteiger partial charge on any atom is -0.344 e. The summed E-state index contributed by atoms with van der Waals surface area (Å²) >= 11 is 0. The van der Waals surface area contributed by atoms with Gasteiger partial charge in [-0.25, -0.2) is 0 Å². The lowest BCUT2D eigenvalue weighted by atomic mass is 9.94. The van der Waals surface area contributed by atoms with E-state index >= 15 is 0 Å². The molecule has 0 aromatic rings. The Balaban J connectivity index is 1.62. The van der Waals surface area contributed by atoms with Gasteiger partial charge < -0.3 is 15.5 Å². The molecule has 5 heteroatoms. The van der Waals surface area contributed by atoms with Gasteiger partial charge in [0.05, 0.1) is 0 Å². The van der Waals surface area contributed by atoms with Crippen molar-refractivity contribution in [2.45, 2.75) is 37.8 Å². The van der Waals surface area contributed by atoms with Crippen LogP contribution in [0.2, 0.25) is 0 Å². The number of likely N-dealkylation sites (tertiary alicyclic amines) is 1. The van der Waals surface area contributed by atoms with Crippen LogP contribution in [0.4, 0.5) is 0 Å². The number of hydrogen-bond acceptors (Lipinski definition) is 3. The van der Waals surface area contributed by atoms with Gasteiger partial charge in [-0.1, -0.05) is 0 Å². The summed E-state index contributed by atoms with van der Waals surface area (Å²) in [6.07, 6.45) is 3.59. The summed E-state index contributed by atoms with van der Waals surface area (Å²) in [6.45, 7) is 2.75. The van der Waals surface area contributed by atoms with Gasteiger partial charge in [-0.15, -0.1) is 0 Å². The van der Waals surface area contributed by atoms with Crippen molar-refractivity contribution in [2.24, 2.45) is 5.92 Å². The fourth-order valence-corrected chi connectivity index (χ4v) is 3.25. The molecule has 3 saturated heterocycles. The average molecular weight is 237 g/mol. The van der Waals surface area contributed by atoms with Crippen LogP contribution in [0.15, 0.2) is 0 Å². The Morgan fingerprint density at radius 3 is 2.88 bits per heavy atom. The predicted octanol–water partition coefficient (Wildman–Crippen LogP) is -0.525. The van der Waals surface area contributed by atoms with Gasteiger partial charge in [-0.3, -0.25) is 9.59 Å². The summed E-state index contributed by atoms with van der Waals surface area (Å²) in [5.74, 6) is 0.745. The molecule has 0 aliphatic carbocycles. The lowest BCUT2D eigenvalue weighted by Gasteiger charge is -2.24. The Bertz CT molecular complexity index is 331. The van der Waals surface area contributed by atoms with E-state index in [0.717, 1.165) is 19.6 Å². The molecule has 5 nitrogen and oxygen atoms in total. The summed E-state index contributed by atoms with van der Waals surface area (Å²) in [5, 5.41) is 6.25. The van der Waals surface area contributed by atoms with E-state index in [4.69, 9.17) is 0 Å². The molecule has 0 aromatic heterocycles. The molecule has 0 bridgehead atoms. The van der Waals surface area contributed by atoms with Crippen LogP contribution in [-0.4, -0.2) is 48.4 Å². The Kier molecular flexibility index (Phi) is 2.78. The summed E-state index contributed by atoms with van der Waals surface area (Å²) in [6, 6.07) is 0.215. The third kappa shape index (κ3) is 2.04. The lowest BCUT2D eigenvalue weighted by molar-refractivity contribution is -0.133. The average Bonchev–Trinajstić information content (AvgIpc) is 2.93. The van der Waals surface area contributed by atoms with Crippen LogP contribution in [0, 0.1) is 5.92 Å². The molecule has 2 N–H and O–H groups in total. The third-order valence-electron chi connectivity index (χ3n) is 4.20. The lowest BCUT2D eigenvalue weighted by Crippen LogP contribution is -2.45. The third-order valence-corrected chi connectivity index (χ3v) is 4.20. The molecule has 3 aliphatic heterocycles. The summed E-state index contributed by atoms with van der Waals surface area (Å²) < 4.78 is 0. The van der Waals surface area contributed by atoms with E-state index in [9.17, 15) is 9.59 Å². The topological polar surface area (TPSA) is 61.4 Å². The van der Waals surface area contributed by atoms with Gasteiger partial charge in [0.2, 0.25) is 11.8 Å². The van der Waals surface area contributed by atoms with Gasteiger partial charge in [0.25, 0.3) is 0 Å². The molecule has 0 saturated carbocycles. The van der Waals surface area contributed by atoms with Gasteiger partial charge in [0, 0.05) is 25.6 Å². The number of carbonyl (C=O) groups is 2. The van der Waals surface area contributed by atoms with Gasteiger partial charge in [0.15, 0.2) is 0 Å². The summed E-state index contributed by atoms with van der Waals surface area (Å²) in [4.78, 5) is 25.3. The van der Waals surface area contributed by atoms with E-state index in [1.165, 1.54) is 12.8 Å². The van der Waals surface area contributed by atoms with Crippen molar-refractivity contribution in [1.29, 1.82) is 0 Å². The Labute approximate surface area is 101 Å². The molecule has 0 radical (unpaired) electrons. The van der Waals surface area contributed by atoms with Crippen LogP contribution in [0.3, 0.4) is 0 Å². The standard InChI is InChI=1S/C12H19N3O2/c16-11-4-3-9(14-11)12(17)15-6-8-2-1-5-13-10(8)7-15/h8-10,13H,1-7H2,(H,14,16)/t8?,9-,10?/m0/s1. The first-order valence-corrected chi connectivity index (χ1v) is 6.55. The molecule has 2 unspecified atom stereocenters. The van der Waals surface area contributed by atoms with Crippen molar-refractivity contribution >= 4 is 11.8 Å². The van der Waals surface area contributed by atoms with Crippen molar-refractivity contribution < 1.29 is 9.59 Å². The maximum atomic E-state index is 12.2. The number of fused-ring (bicyclic) bond motifs is 1. The minimum absolute atomic E-state index is 0.0121. The second-order valence-corrected chi connectivity index (χ2v) is 5.36. The van der Waals surface area contributed by atoms with E-state index in [0.29, 0.717) is 24.8 Å². The Morgan fingerprint density at radius 2 is 2.18 bits per heavy atom. The highest BCUT2D eigenvalue weighted by Gasteiger charge is 2.39. The molecule has 3 rings (SSSR count). The maximum absolute atomic E-state index is 12.2. The molecule has 3 heterocycles. The quantitative estimate of drug-likeness (QED) is 0.645. The number of hydrogen-bond donors (Lipinski definition) is 2. The highest BCUT2D eigenvalue weighted by Crippen LogP contribution is 2.26. The zero-order valence-corrected chi connectivity index (χ0v) is 9.95. The van der Waals surface area contributed by atoms with Crippen LogP contribution < -0.4 is 10.6 Å². The summed E-state index contributed by atoms with van der Waals surface area (Å²) in [5.41, 5.74) is 0. The maximum Gasteiger partial charge on any atom is 0.245 e.